The van der Waals surface area contributed by atoms with Gasteiger partial charge in [-0.25, -0.2) is 4.39 Å². The molecule has 2 rings (SSSR count). The minimum atomic E-state index is -0.529. The molecule has 108 valence electrons. The van der Waals surface area contributed by atoms with Crippen LogP contribution in [0, 0.1) is 24.1 Å². The highest BCUT2D eigenvalue weighted by molar-refractivity contribution is 5.38. The lowest BCUT2D eigenvalue weighted by molar-refractivity contribution is 0.199. The fourth-order valence-corrected chi connectivity index (χ4v) is 2.05. The molecule has 3 nitrogen and oxygen atoms in total. The van der Waals surface area contributed by atoms with Gasteiger partial charge < -0.3 is 9.84 Å². The quantitative estimate of drug-likeness (QED) is 0.933. The molecule has 0 aliphatic carbocycles. The van der Waals surface area contributed by atoms with Gasteiger partial charge in [-0.15, -0.1) is 0 Å². The molecule has 21 heavy (non-hydrogen) atoms. The average molecular weight is 285 g/mol. The largest absolute Gasteiger partial charge is 0.489 e. The summed E-state index contributed by atoms with van der Waals surface area (Å²) in [4.78, 5) is 0. The van der Waals surface area contributed by atoms with Crippen molar-refractivity contribution in [2.45, 2.75) is 26.6 Å². The molecule has 1 atom stereocenters. The SMILES string of the molecule is Cc1cc(C(C)O)ccc1OCc1cc(F)cc(C#N)c1. The number of nitriles is 1. The Kier molecular flexibility index (Phi) is 4.56. The number of hydrogen-bond acceptors (Lipinski definition) is 3. The summed E-state index contributed by atoms with van der Waals surface area (Å²) in [5.74, 6) is 0.219. The summed E-state index contributed by atoms with van der Waals surface area (Å²) in [5, 5.41) is 18.3. The number of ether oxygens (including phenoxy) is 1. The lowest BCUT2D eigenvalue weighted by Gasteiger charge is -2.12. The average Bonchev–Trinajstić information content (AvgIpc) is 2.45. The lowest BCUT2D eigenvalue weighted by Crippen LogP contribution is -2.00. The van der Waals surface area contributed by atoms with Crippen LogP contribution in [0.5, 0.6) is 5.75 Å². The van der Waals surface area contributed by atoms with Gasteiger partial charge in [0.1, 0.15) is 18.2 Å². The zero-order valence-electron chi connectivity index (χ0n) is 11.9. The van der Waals surface area contributed by atoms with Crippen molar-refractivity contribution in [2.75, 3.05) is 0 Å². The van der Waals surface area contributed by atoms with Crippen molar-refractivity contribution in [1.82, 2.24) is 0 Å². The maximum atomic E-state index is 13.3. The van der Waals surface area contributed by atoms with E-state index in [9.17, 15) is 9.50 Å². The first-order chi connectivity index (χ1) is 9.99. The van der Waals surface area contributed by atoms with Crippen molar-refractivity contribution in [1.29, 1.82) is 5.26 Å². The minimum absolute atomic E-state index is 0.182. The van der Waals surface area contributed by atoms with Gasteiger partial charge >= 0.3 is 0 Å². The predicted octanol–water partition coefficient (Wildman–Crippen LogP) is 3.64. The van der Waals surface area contributed by atoms with Crippen LogP contribution in [0.4, 0.5) is 4.39 Å². The molecule has 4 heteroatoms. The Hall–Kier alpha value is -2.38. The normalized spacial score (nSPS) is 11.8. The molecule has 2 aromatic carbocycles. The first kappa shape index (κ1) is 15.0. The van der Waals surface area contributed by atoms with Crippen LogP contribution in [-0.2, 0) is 6.61 Å². The predicted molar refractivity (Wildman–Crippen MR) is 77.3 cm³/mol. The van der Waals surface area contributed by atoms with Gasteiger partial charge in [-0.3, -0.25) is 0 Å². The summed E-state index contributed by atoms with van der Waals surface area (Å²) < 4.78 is 19.0. The van der Waals surface area contributed by atoms with Gasteiger partial charge in [0.2, 0.25) is 0 Å². The van der Waals surface area contributed by atoms with Crippen LogP contribution in [0.3, 0.4) is 0 Å². The molecule has 0 heterocycles. The summed E-state index contributed by atoms with van der Waals surface area (Å²) >= 11 is 0. The first-order valence-corrected chi connectivity index (χ1v) is 6.60. The van der Waals surface area contributed by atoms with E-state index in [1.54, 1.807) is 25.1 Å². The van der Waals surface area contributed by atoms with Crippen LogP contribution in [-0.4, -0.2) is 5.11 Å². The number of aliphatic hydroxyl groups excluding tert-OH is 1. The minimum Gasteiger partial charge on any atom is -0.489 e. The zero-order valence-corrected chi connectivity index (χ0v) is 11.9. The molecule has 0 spiro atoms. The third-order valence-corrected chi connectivity index (χ3v) is 3.16. The van der Waals surface area contributed by atoms with Crippen molar-refractivity contribution in [3.05, 3.63) is 64.5 Å². The highest BCUT2D eigenvalue weighted by Crippen LogP contribution is 2.23. The van der Waals surface area contributed by atoms with Crippen LogP contribution in [0.15, 0.2) is 36.4 Å². The Morgan fingerprint density at radius 1 is 1.29 bits per heavy atom. The number of aryl methyl sites for hydroxylation is 1. The van der Waals surface area contributed by atoms with Crippen LogP contribution in [0.2, 0.25) is 0 Å². The fourth-order valence-electron chi connectivity index (χ4n) is 2.05. The molecule has 0 aliphatic heterocycles. The third kappa shape index (κ3) is 3.80. The first-order valence-electron chi connectivity index (χ1n) is 6.60. The molecule has 0 aromatic heterocycles. The van der Waals surface area contributed by atoms with E-state index in [0.29, 0.717) is 11.3 Å². The van der Waals surface area contributed by atoms with Gasteiger partial charge in [0.05, 0.1) is 17.7 Å². The summed E-state index contributed by atoms with van der Waals surface area (Å²) in [6.07, 6.45) is -0.529. The van der Waals surface area contributed by atoms with E-state index >= 15 is 0 Å². The molecule has 0 bridgehead atoms. The Balaban J connectivity index is 2.13. The molecule has 0 radical (unpaired) electrons. The van der Waals surface area contributed by atoms with Crippen LogP contribution in [0.1, 0.15) is 35.3 Å². The van der Waals surface area contributed by atoms with Gasteiger partial charge in [0, 0.05) is 0 Å². The van der Waals surface area contributed by atoms with E-state index in [1.807, 2.05) is 19.1 Å². The smallest absolute Gasteiger partial charge is 0.124 e. The standard InChI is InChI=1S/C17H16FNO2/c1-11-5-15(12(2)20)3-4-17(11)21-10-14-6-13(9-19)7-16(18)8-14/h3-8,12,20H,10H2,1-2H3. The third-order valence-electron chi connectivity index (χ3n) is 3.16. The number of aliphatic hydroxyl groups is 1. The maximum absolute atomic E-state index is 13.3. The highest BCUT2D eigenvalue weighted by atomic mass is 19.1. The summed E-state index contributed by atoms with van der Waals surface area (Å²) in [7, 11) is 0. The summed E-state index contributed by atoms with van der Waals surface area (Å²) in [6, 6.07) is 11.5. The molecule has 1 unspecified atom stereocenters. The van der Waals surface area contributed by atoms with Gasteiger partial charge in [-0.05, 0) is 60.9 Å². The van der Waals surface area contributed by atoms with Crippen molar-refractivity contribution >= 4 is 0 Å². The van der Waals surface area contributed by atoms with E-state index in [1.165, 1.54) is 12.1 Å². The Morgan fingerprint density at radius 2 is 2.05 bits per heavy atom. The number of nitrogens with zero attached hydrogens (tertiary/aromatic N) is 1. The number of halogens is 1. The molecule has 1 N–H and O–H groups in total. The van der Waals surface area contributed by atoms with Crippen LogP contribution < -0.4 is 4.74 Å². The van der Waals surface area contributed by atoms with Crippen molar-refractivity contribution in [3.63, 3.8) is 0 Å². The van der Waals surface area contributed by atoms with Crippen molar-refractivity contribution in [3.8, 4) is 11.8 Å². The van der Waals surface area contributed by atoms with Gasteiger partial charge in [0.15, 0.2) is 0 Å². The van der Waals surface area contributed by atoms with Gasteiger partial charge in [-0.2, -0.15) is 5.26 Å². The Bertz CT molecular complexity index is 690. The fraction of sp³-hybridized carbons (Fsp3) is 0.235. The second-order valence-corrected chi connectivity index (χ2v) is 4.95. The molecule has 0 saturated heterocycles. The molecule has 0 saturated carbocycles. The van der Waals surface area contributed by atoms with E-state index in [0.717, 1.165) is 11.1 Å². The molecular weight excluding hydrogens is 269 g/mol. The number of hydrogen-bond donors (Lipinski definition) is 1. The Labute approximate surface area is 123 Å². The van der Waals surface area contributed by atoms with Gasteiger partial charge in [0.25, 0.3) is 0 Å². The summed E-state index contributed by atoms with van der Waals surface area (Å²) in [5.41, 5.74) is 2.59. The topological polar surface area (TPSA) is 53.2 Å². The highest BCUT2D eigenvalue weighted by Gasteiger charge is 2.06. The molecule has 0 amide bonds. The number of benzene rings is 2. The summed E-state index contributed by atoms with van der Waals surface area (Å²) in [6.45, 7) is 3.76. The molecular formula is C17H16FNO2. The van der Waals surface area contributed by atoms with E-state index < -0.39 is 11.9 Å². The van der Waals surface area contributed by atoms with Crippen molar-refractivity contribution in [2.24, 2.45) is 0 Å². The van der Waals surface area contributed by atoms with Crippen LogP contribution >= 0.6 is 0 Å². The number of rotatable bonds is 4. The van der Waals surface area contributed by atoms with Crippen LogP contribution in [0.25, 0.3) is 0 Å². The van der Waals surface area contributed by atoms with E-state index in [2.05, 4.69) is 0 Å². The molecule has 0 aliphatic rings. The lowest BCUT2D eigenvalue weighted by atomic mass is 10.1. The maximum Gasteiger partial charge on any atom is 0.124 e. The molecule has 2 aromatic rings. The van der Waals surface area contributed by atoms with Gasteiger partial charge in [-0.1, -0.05) is 6.07 Å². The Morgan fingerprint density at radius 3 is 2.67 bits per heavy atom. The van der Waals surface area contributed by atoms with E-state index in [-0.39, 0.29) is 12.2 Å². The zero-order chi connectivity index (χ0) is 15.4. The molecule has 0 fully saturated rings. The van der Waals surface area contributed by atoms with Crippen molar-refractivity contribution < 1.29 is 14.2 Å². The van der Waals surface area contributed by atoms with E-state index in [4.69, 9.17) is 10.00 Å². The second-order valence-electron chi connectivity index (χ2n) is 4.95. The monoisotopic (exact) mass is 285 g/mol. The second kappa shape index (κ2) is 6.38.